The fraction of sp³-hybridized carbons (Fsp3) is 0.909. The van der Waals surface area contributed by atoms with Crippen LogP contribution in [0.5, 0.6) is 0 Å². The van der Waals surface area contributed by atoms with Crippen LogP contribution in [0.15, 0.2) is 0 Å². The molecule has 106 valence electrons. The number of sulfonamides is 1. The van der Waals surface area contributed by atoms with Crippen molar-refractivity contribution in [2.75, 3.05) is 18.9 Å². The fourth-order valence-electron chi connectivity index (χ4n) is 2.10. The van der Waals surface area contributed by atoms with Gasteiger partial charge in [0.05, 0.1) is 18.5 Å². The Labute approximate surface area is 108 Å². The Morgan fingerprint density at radius 1 is 1.50 bits per heavy atom. The highest BCUT2D eigenvalue weighted by Crippen LogP contribution is 2.32. The van der Waals surface area contributed by atoms with Gasteiger partial charge in [0.1, 0.15) is 5.54 Å². The Hall–Kier alpha value is -0.660. The smallest absolute Gasteiger partial charge is 0.324 e. The Morgan fingerprint density at radius 3 is 2.61 bits per heavy atom. The molecule has 1 saturated heterocycles. The first-order valence-corrected chi connectivity index (χ1v) is 7.66. The van der Waals surface area contributed by atoms with Crippen LogP contribution < -0.4 is 0 Å². The van der Waals surface area contributed by atoms with Gasteiger partial charge in [-0.3, -0.25) is 4.79 Å². The Kier molecular flexibility index (Phi) is 4.74. The third kappa shape index (κ3) is 3.21. The lowest BCUT2D eigenvalue weighted by atomic mass is 10.0. The maximum Gasteiger partial charge on any atom is 0.324 e. The average molecular weight is 279 g/mol. The van der Waals surface area contributed by atoms with Gasteiger partial charge in [-0.25, -0.2) is 8.42 Å². The van der Waals surface area contributed by atoms with Crippen molar-refractivity contribution in [2.45, 2.75) is 45.3 Å². The number of carboxylic acid groups (broad SMARTS) is 1. The quantitative estimate of drug-likeness (QED) is 0.773. The predicted octanol–water partition coefficient (Wildman–Crippen LogP) is 0.680. The van der Waals surface area contributed by atoms with E-state index >= 15 is 0 Å². The Morgan fingerprint density at radius 2 is 2.11 bits per heavy atom. The molecule has 1 N–H and O–H groups in total. The molecule has 1 fully saturated rings. The van der Waals surface area contributed by atoms with Gasteiger partial charge in [-0.15, -0.1) is 0 Å². The largest absolute Gasteiger partial charge is 0.480 e. The number of carboxylic acids is 1. The van der Waals surface area contributed by atoms with E-state index in [1.54, 1.807) is 0 Å². The number of rotatable bonds is 6. The van der Waals surface area contributed by atoms with Crippen LogP contribution >= 0.6 is 0 Å². The molecule has 1 atom stereocenters. The molecule has 1 rings (SSSR count). The van der Waals surface area contributed by atoms with Crippen LogP contribution in [0.3, 0.4) is 0 Å². The van der Waals surface area contributed by atoms with Gasteiger partial charge >= 0.3 is 5.97 Å². The number of nitrogens with zero attached hydrogens (tertiary/aromatic N) is 1. The van der Waals surface area contributed by atoms with Crippen molar-refractivity contribution < 1.29 is 23.1 Å². The SMILES string of the molecule is CC(C)OCCS(=O)(=O)N1CCCC1(C)C(=O)O. The van der Waals surface area contributed by atoms with E-state index in [-0.39, 0.29) is 25.0 Å². The molecule has 0 aliphatic carbocycles. The van der Waals surface area contributed by atoms with Crippen LogP contribution in [-0.2, 0) is 19.6 Å². The van der Waals surface area contributed by atoms with E-state index in [2.05, 4.69) is 0 Å². The van der Waals surface area contributed by atoms with E-state index in [4.69, 9.17) is 4.74 Å². The summed E-state index contributed by atoms with van der Waals surface area (Å²) >= 11 is 0. The molecule has 18 heavy (non-hydrogen) atoms. The van der Waals surface area contributed by atoms with Crippen molar-refractivity contribution in [1.29, 1.82) is 0 Å². The lowest BCUT2D eigenvalue weighted by Gasteiger charge is -2.30. The summed E-state index contributed by atoms with van der Waals surface area (Å²) < 4.78 is 30.5. The van der Waals surface area contributed by atoms with E-state index in [9.17, 15) is 18.3 Å². The van der Waals surface area contributed by atoms with E-state index in [1.165, 1.54) is 6.92 Å². The molecule has 1 aliphatic rings. The molecule has 0 aromatic rings. The van der Waals surface area contributed by atoms with Crippen molar-refractivity contribution in [1.82, 2.24) is 4.31 Å². The second-order valence-corrected chi connectivity index (χ2v) is 7.00. The number of aliphatic carboxylic acids is 1. The Bertz CT molecular complexity index is 406. The standard InChI is InChI=1S/C11H21NO5S/c1-9(2)17-7-8-18(15,16)12-6-4-5-11(12,3)10(13)14/h9H,4-8H2,1-3H3,(H,13,14). The molecule has 0 spiro atoms. The molecule has 6 nitrogen and oxygen atoms in total. The maximum atomic E-state index is 12.1. The maximum absolute atomic E-state index is 12.1. The molecule has 0 bridgehead atoms. The molecule has 0 aromatic heterocycles. The first kappa shape index (κ1) is 15.4. The lowest BCUT2D eigenvalue weighted by molar-refractivity contribution is -0.146. The van der Waals surface area contributed by atoms with Gasteiger partial charge in [-0.2, -0.15) is 4.31 Å². The molecule has 0 saturated carbocycles. The minimum absolute atomic E-state index is 0.0374. The van der Waals surface area contributed by atoms with Crippen LogP contribution in [0, 0.1) is 0 Å². The van der Waals surface area contributed by atoms with Gasteiger partial charge in [0.25, 0.3) is 0 Å². The summed E-state index contributed by atoms with van der Waals surface area (Å²) in [5.41, 5.74) is -1.31. The van der Waals surface area contributed by atoms with E-state index in [0.717, 1.165) is 4.31 Å². The third-order valence-electron chi connectivity index (χ3n) is 3.16. The molecule has 0 aromatic carbocycles. The zero-order chi connectivity index (χ0) is 14.0. The topological polar surface area (TPSA) is 83.9 Å². The van der Waals surface area contributed by atoms with Crippen LogP contribution in [0.2, 0.25) is 0 Å². The summed E-state index contributed by atoms with van der Waals surface area (Å²) in [5, 5.41) is 9.18. The van der Waals surface area contributed by atoms with Crippen molar-refractivity contribution in [2.24, 2.45) is 0 Å². The lowest BCUT2D eigenvalue weighted by Crippen LogP contribution is -2.51. The molecule has 1 aliphatic heterocycles. The van der Waals surface area contributed by atoms with Gasteiger partial charge in [0, 0.05) is 6.54 Å². The summed E-state index contributed by atoms with van der Waals surface area (Å²) in [6.07, 6.45) is 0.893. The first-order chi connectivity index (χ1) is 8.20. The van der Waals surface area contributed by atoms with E-state index < -0.39 is 21.5 Å². The van der Waals surface area contributed by atoms with E-state index in [1.807, 2.05) is 13.8 Å². The van der Waals surface area contributed by atoms with Crippen molar-refractivity contribution >= 4 is 16.0 Å². The number of hydrogen-bond donors (Lipinski definition) is 1. The van der Waals surface area contributed by atoms with E-state index in [0.29, 0.717) is 12.8 Å². The van der Waals surface area contributed by atoms with Gasteiger partial charge in [-0.1, -0.05) is 0 Å². The van der Waals surface area contributed by atoms with Crippen LogP contribution in [0.1, 0.15) is 33.6 Å². The molecule has 0 amide bonds. The van der Waals surface area contributed by atoms with Crippen LogP contribution in [0.4, 0.5) is 0 Å². The van der Waals surface area contributed by atoms with Gasteiger partial charge in [0.2, 0.25) is 10.0 Å². The first-order valence-electron chi connectivity index (χ1n) is 6.05. The van der Waals surface area contributed by atoms with Crippen molar-refractivity contribution in [3.05, 3.63) is 0 Å². The molecule has 1 unspecified atom stereocenters. The van der Waals surface area contributed by atoms with Crippen molar-refractivity contribution in [3.8, 4) is 0 Å². The summed E-state index contributed by atoms with van der Waals surface area (Å²) in [6, 6.07) is 0. The molecule has 0 radical (unpaired) electrons. The highest BCUT2D eigenvalue weighted by molar-refractivity contribution is 7.89. The Balaban J connectivity index is 2.75. The normalized spacial score (nSPS) is 25.8. The number of carbonyl (C=O) groups is 1. The number of hydrogen-bond acceptors (Lipinski definition) is 4. The molecular weight excluding hydrogens is 258 g/mol. The minimum atomic E-state index is -3.58. The summed E-state index contributed by atoms with van der Waals surface area (Å²) in [6.45, 7) is 5.47. The third-order valence-corrected chi connectivity index (χ3v) is 5.10. The summed E-state index contributed by atoms with van der Waals surface area (Å²) in [4.78, 5) is 11.2. The van der Waals surface area contributed by atoms with Crippen LogP contribution in [0.25, 0.3) is 0 Å². The summed E-state index contributed by atoms with van der Waals surface area (Å²) in [7, 11) is -3.58. The van der Waals surface area contributed by atoms with Gasteiger partial charge in [0.15, 0.2) is 0 Å². The van der Waals surface area contributed by atoms with Gasteiger partial charge in [-0.05, 0) is 33.6 Å². The predicted molar refractivity (Wildman–Crippen MR) is 66.9 cm³/mol. The summed E-state index contributed by atoms with van der Waals surface area (Å²) in [5.74, 6) is -1.26. The minimum Gasteiger partial charge on any atom is -0.480 e. The zero-order valence-electron chi connectivity index (χ0n) is 11.0. The van der Waals surface area contributed by atoms with Gasteiger partial charge < -0.3 is 9.84 Å². The zero-order valence-corrected chi connectivity index (χ0v) is 11.9. The van der Waals surface area contributed by atoms with Crippen molar-refractivity contribution in [3.63, 3.8) is 0 Å². The second kappa shape index (κ2) is 5.54. The molecule has 1 heterocycles. The highest BCUT2D eigenvalue weighted by Gasteiger charge is 2.48. The average Bonchev–Trinajstić information content (AvgIpc) is 2.61. The number of ether oxygens (including phenoxy) is 1. The molecule has 7 heteroatoms. The fourth-order valence-corrected chi connectivity index (χ4v) is 3.82. The second-order valence-electron chi connectivity index (χ2n) is 4.99. The monoisotopic (exact) mass is 279 g/mol. The van der Waals surface area contributed by atoms with Crippen LogP contribution in [-0.4, -0.2) is 54.3 Å². The highest BCUT2D eigenvalue weighted by atomic mass is 32.2. The molecular formula is C11H21NO5S.